The van der Waals surface area contributed by atoms with Crippen molar-refractivity contribution in [2.75, 3.05) is 6.79 Å². The lowest BCUT2D eigenvalue weighted by Crippen LogP contribution is -2.36. The Balaban J connectivity index is 2.01. The van der Waals surface area contributed by atoms with E-state index in [1.807, 2.05) is 13.8 Å². The van der Waals surface area contributed by atoms with Crippen molar-refractivity contribution < 1.29 is 42.3 Å². The second kappa shape index (κ2) is 10.7. The van der Waals surface area contributed by atoms with Gasteiger partial charge in [0.1, 0.15) is 17.1 Å². The van der Waals surface area contributed by atoms with Crippen molar-refractivity contribution in [3.63, 3.8) is 0 Å². The number of ketones is 1. The number of esters is 2. The Morgan fingerprint density at radius 1 is 1.26 bits per heavy atom. The third kappa shape index (κ3) is 7.02. The molecule has 1 aromatic carbocycles. The highest BCUT2D eigenvalue weighted by Crippen LogP contribution is 2.37. The van der Waals surface area contributed by atoms with Crippen molar-refractivity contribution in [2.24, 2.45) is 5.92 Å². The molecule has 10 heteroatoms. The fourth-order valence-corrected chi connectivity index (χ4v) is 3.49. The molecule has 0 radical (unpaired) electrons. The molecule has 0 aromatic heterocycles. The summed E-state index contributed by atoms with van der Waals surface area (Å²) in [5.41, 5.74) is 0.565. The smallest absolute Gasteiger partial charge is 0.526 e. The molecule has 1 heterocycles. The predicted molar refractivity (Wildman–Crippen MR) is 108 cm³/mol. The third-order valence-electron chi connectivity index (χ3n) is 5.15. The van der Waals surface area contributed by atoms with Crippen LogP contribution in [0.25, 0.3) is 0 Å². The van der Waals surface area contributed by atoms with Crippen molar-refractivity contribution in [1.82, 2.24) is 0 Å². The van der Waals surface area contributed by atoms with Gasteiger partial charge in [-0.05, 0) is 37.8 Å². The van der Waals surface area contributed by atoms with E-state index >= 15 is 0 Å². The van der Waals surface area contributed by atoms with Crippen LogP contribution < -0.4 is 4.65 Å². The summed E-state index contributed by atoms with van der Waals surface area (Å²) in [5.74, 6) is -5.95. The summed E-state index contributed by atoms with van der Waals surface area (Å²) in [6.45, 7) is 3.82. The number of hydrogen-bond acceptors (Lipinski definition) is 7. The van der Waals surface area contributed by atoms with Gasteiger partial charge in [0.15, 0.2) is 0 Å². The average molecular weight is 440 g/mol. The summed E-state index contributed by atoms with van der Waals surface area (Å²) in [6, 6.07) is 4.66. The maximum atomic E-state index is 13.0. The molecule has 1 aliphatic heterocycles. The Hall–Kier alpha value is -2.49. The van der Waals surface area contributed by atoms with E-state index in [-0.39, 0.29) is 30.1 Å². The minimum atomic E-state index is -3.12. The van der Waals surface area contributed by atoms with Gasteiger partial charge in [0, 0.05) is 12.2 Å². The van der Waals surface area contributed by atoms with Crippen molar-refractivity contribution in [2.45, 2.75) is 64.6 Å². The van der Waals surface area contributed by atoms with E-state index in [0.29, 0.717) is 25.3 Å². The summed E-state index contributed by atoms with van der Waals surface area (Å²) in [7, 11) is -1.44. The normalized spacial score (nSPS) is 15.8. The number of para-hydroxylation sites is 1. The molecule has 0 bridgehead atoms. The minimum Gasteiger partial charge on any atom is -0.535 e. The van der Waals surface area contributed by atoms with Crippen molar-refractivity contribution in [1.29, 1.82) is 0 Å². The van der Waals surface area contributed by atoms with Gasteiger partial charge in [-0.3, -0.25) is 9.59 Å². The molecule has 1 aromatic rings. The highest BCUT2D eigenvalue weighted by atomic mass is 19.3. The first-order valence-corrected chi connectivity index (χ1v) is 10.3. The highest BCUT2D eigenvalue weighted by molar-refractivity contribution is 6.47. The molecule has 170 valence electrons. The molecule has 0 saturated heterocycles. The van der Waals surface area contributed by atoms with Gasteiger partial charge in [-0.15, -0.1) is 0 Å². The fourth-order valence-electron chi connectivity index (χ4n) is 3.49. The molecule has 0 spiro atoms. The lowest BCUT2D eigenvalue weighted by atomic mass is 9.64. The number of benzene rings is 1. The second-order valence-electron chi connectivity index (χ2n) is 7.78. The van der Waals surface area contributed by atoms with E-state index in [0.717, 1.165) is 0 Å². The molecular formula is C21H27BF2O7. The maximum Gasteiger partial charge on any atom is 0.526 e. The van der Waals surface area contributed by atoms with Gasteiger partial charge in [0.05, 0.1) is 12.3 Å². The Bertz CT molecular complexity index is 805. The van der Waals surface area contributed by atoms with Gasteiger partial charge in [-0.2, -0.15) is 0 Å². The third-order valence-corrected chi connectivity index (χ3v) is 5.15. The quantitative estimate of drug-likeness (QED) is 0.337. The van der Waals surface area contributed by atoms with Gasteiger partial charge in [-0.25, -0.2) is 13.6 Å². The van der Waals surface area contributed by atoms with E-state index in [9.17, 15) is 28.2 Å². The lowest BCUT2D eigenvalue weighted by Gasteiger charge is -2.28. The number of Topliss-reactive ketones (excluding diaryl/α,β-unsaturated/α-hetero) is 1. The lowest BCUT2D eigenvalue weighted by molar-refractivity contribution is -0.157. The van der Waals surface area contributed by atoms with Crippen LogP contribution in [0.15, 0.2) is 18.2 Å². The molecule has 7 nitrogen and oxygen atoms in total. The molecule has 1 aliphatic rings. The van der Waals surface area contributed by atoms with Crippen LogP contribution in [0.5, 0.6) is 5.75 Å². The molecule has 0 unspecified atom stereocenters. The molecule has 0 saturated carbocycles. The topological polar surface area (TPSA) is 99.1 Å². The number of carbonyl (C=O) groups excluding carboxylic acids is 3. The molecule has 0 amide bonds. The Kier molecular flexibility index (Phi) is 8.56. The monoisotopic (exact) mass is 440 g/mol. The first-order chi connectivity index (χ1) is 14.6. The highest BCUT2D eigenvalue weighted by Gasteiger charge is 2.39. The maximum absolute atomic E-state index is 13.0. The molecular weight excluding hydrogens is 413 g/mol. The first kappa shape index (κ1) is 24.8. The van der Waals surface area contributed by atoms with Gasteiger partial charge >= 0.3 is 19.1 Å². The number of carbonyl (C=O) groups is 3. The number of fused-ring (bicyclic) bond motifs is 1. The van der Waals surface area contributed by atoms with Gasteiger partial charge in [0.25, 0.3) is 5.92 Å². The van der Waals surface area contributed by atoms with Crippen molar-refractivity contribution in [3.8, 4) is 5.75 Å². The first-order valence-electron chi connectivity index (χ1n) is 10.3. The molecule has 31 heavy (non-hydrogen) atoms. The van der Waals surface area contributed by atoms with Gasteiger partial charge in [-0.1, -0.05) is 26.0 Å². The largest absolute Gasteiger partial charge is 0.535 e. The van der Waals surface area contributed by atoms with Crippen LogP contribution in [0.2, 0.25) is 5.82 Å². The summed E-state index contributed by atoms with van der Waals surface area (Å²) < 4.78 is 41.5. The number of rotatable bonds is 10. The van der Waals surface area contributed by atoms with Crippen LogP contribution in [0.3, 0.4) is 0 Å². The van der Waals surface area contributed by atoms with Crippen molar-refractivity contribution in [3.05, 3.63) is 29.3 Å². The Labute approximate surface area is 180 Å². The van der Waals surface area contributed by atoms with Gasteiger partial charge in [0.2, 0.25) is 6.79 Å². The summed E-state index contributed by atoms with van der Waals surface area (Å²) in [6.07, 6.45) is 0.208. The fraction of sp³-hybridized carbons (Fsp3) is 0.571. The van der Waals surface area contributed by atoms with E-state index < -0.39 is 49.8 Å². The Morgan fingerprint density at radius 3 is 2.55 bits per heavy atom. The molecule has 0 fully saturated rings. The average Bonchev–Trinajstić information content (AvgIpc) is 2.67. The number of alkyl halides is 2. The molecule has 1 atom stereocenters. The zero-order valence-corrected chi connectivity index (χ0v) is 17.9. The van der Waals surface area contributed by atoms with Crippen LogP contribution in [0.4, 0.5) is 8.78 Å². The second-order valence-corrected chi connectivity index (χ2v) is 7.78. The number of halogens is 2. The van der Waals surface area contributed by atoms with Crippen LogP contribution >= 0.6 is 0 Å². The standard InChI is InChI=1S/C21H27BF2O7/c1-4-13(5-2)19(26)29-12-30-20(27)17-8-6-7-14-9-15(22(28)31-18(14)17)10-16(25)11-21(3,23)24/h6-8,13,15,28H,4-5,9-12H2,1-3H3/t15-/m1/s1. The zero-order valence-electron chi connectivity index (χ0n) is 17.9. The minimum absolute atomic E-state index is 0.0278. The van der Waals surface area contributed by atoms with Crippen LogP contribution in [-0.2, 0) is 25.5 Å². The summed E-state index contributed by atoms with van der Waals surface area (Å²) >= 11 is 0. The molecule has 0 aliphatic carbocycles. The Morgan fingerprint density at radius 2 is 1.94 bits per heavy atom. The van der Waals surface area contributed by atoms with Crippen LogP contribution in [-0.4, -0.2) is 42.6 Å². The summed E-state index contributed by atoms with van der Waals surface area (Å²) in [5, 5.41) is 10.2. The zero-order chi connectivity index (χ0) is 23.2. The van der Waals surface area contributed by atoms with E-state index in [2.05, 4.69) is 0 Å². The predicted octanol–water partition coefficient (Wildman–Crippen LogP) is 3.57. The summed E-state index contributed by atoms with van der Waals surface area (Å²) in [4.78, 5) is 36.1. The number of hydrogen-bond donors (Lipinski definition) is 1. The van der Waals surface area contributed by atoms with Crippen LogP contribution in [0.1, 0.15) is 62.4 Å². The van der Waals surface area contributed by atoms with E-state index in [4.69, 9.17) is 14.1 Å². The molecule has 1 N–H and O–H groups in total. The van der Waals surface area contributed by atoms with Crippen LogP contribution in [0, 0.1) is 5.92 Å². The van der Waals surface area contributed by atoms with Gasteiger partial charge < -0.3 is 19.2 Å². The SMILES string of the molecule is CCC(CC)C(=O)OCOC(=O)c1cccc2c1OB(O)[C@@H](CC(=O)CC(C)(F)F)C2. The van der Waals surface area contributed by atoms with Crippen molar-refractivity contribution >= 4 is 24.8 Å². The van der Waals surface area contributed by atoms with E-state index in [1.165, 1.54) is 6.07 Å². The van der Waals surface area contributed by atoms with E-state index in [1.54, 1.807) is 12.1 Å². The number of ether oxygens (including phenoxy) is 2. The molecule has 2 rings (SSSR count).